The number of anilines is 2. The number of hydrogen-bond donors (Lipinski definition) is 2. The molecule has 2 unspecified atom stereocenters. The van der Waals surface area contributed by atoms with Gasteiger partial charge in [0.05, 0.1) is 0 Å². The fourth-order valence-corrected chi connectivity index (χ4v) is 6.50. The average Bonchev–Trinajstić information content (AvgIpc) is 2.95. The number of benzene rings is 4. The Hall–Kier alpha value is -3.52. The average molecular weight is 533 g/mol. The molecular weight excluding hydrogens is 484 g/mol. The largest absolute Gasteiger partial charge is 0.399 e. The van der Waals surface area contributed by atoms with Crippen molar-refractivity contribution < 1.29 is 0 Å². The van der Waals surface area contributed by atoms with Crippen molar-refractivity contribution in [1.82, 2.24) is 0 Å². The maximum Gasteiger partial charge on any atom is 0.0316 e. The van der Waals surface area contributed by atoms with E-state index < -0.39 is 0 Å². The number of rotatable bonds is 12. The van der Waals surface area contributed by atoms with Crippen LogP contribution in [-0.2, 0) is 0 Å². The van der Waals surface area contributed by atoms with Crippen LogP contribution < -0.4 is 11.5 Å². The molecule has 40 heavy (non-hydrogen) atoms. The topological polar surface area (TPSA) is 52.0 Å². The van der Waals surface area contributed by atoms with Crippen molar-refractivity contribution in [3.05, 3.63) is 129 Å². The molecule has 4 N–H and O–H groups in total. The van der Waals surface area contributed by atoms with Gasteiger partial charge in [-0.3, -0.25) is 0 Å². The monoisotopic (exact) mass is 532 g/mol. The molecule has 4 aromatic rings. The molecule has 0 aliphatic rings. The molecule has 0 saturated carbocycles. The van der Waals surface area contributed by atoms with Crippen molar-refractivity contribution in [2.75, 3.05) is 11.5 Å². The molecule has 4 aromatic carbocycles. The number of nitrogens with two attached hydrogens (primary N) is 2. The van der Waals surface area contributed by atoms with Gasteiger partial charge in [0.1, 0.15) is 0 Å². The third-order valence-electron chi connectivity index (χ3n) is 8.55. The Kier molecular flexibility index (Phi) is 10.1. The second-order valence-corrected chi connectivity index (χ2v) is 11.6. The summed E-state index contributed by atoms with van der Waals surface area (Å²) < 4.78 is 0. The van der Waals surface area contributed by atoms with Crippen molar-refractivity contribution in [2.45, 2.75) is 90.9 Å². The fraction of sp³-hybridized carbons (Fsp3) is 0.368. The van der Waals surface area contributed by atoms with Crippen LogP contribution in [0.25, 0.3) is 0 Å². The number of nitrogen functional groups attached to an aromatic ring is 2. The van der Waals surface area contributed by atoms with Gasteiger partial charge in [-0.15, -0.1) is 0 Å². The van der Waals surface area contributed by atoms with Crippen LogP contribution in [0.15, 0.2) is 84.9 Å². The Morgan fingerprint density at radius 3 is 1.05 bits per heavy atom. The van der Waals surface area contributed by atoms with Gasteiger partial charge in [-0.2, -0.15) is 0 Å². The van der Waals surface area contributed by atoms with E-state index in [1.54, 1.807) is 0 Å². The minimum Gasteiger partial charge on any atom is -0.399 e. The fourth-order valence-electron chi connectivity index (χ4n) is 6.50. The van der Waals surface area contributed by atoms with Crippen LogP contribution in [0.1, 0.15) is 122 Å². The Balaban J connectivity index is 1.61. The third kappa shape index (κ3) is 6.78. The lowest BCUT2D eigenvalue weighted by atomic mass is 9.81. The molecule has 4 rings (SSSR count). The van der Waals surface area contributed by atoms with Gasteiger partial charge in [0.2, 0.25) is 0 Å². The van der Waals surface area contributed by atoms with Gasteiger partial charge in [-0.25, -0.2) is 0 Å². The van der Waals surface area contributed by atoms with E-state index in [2.05, 4.69) is 107 Å². The zero-order valence-corrected chi connectivity index (χ0v) is 25.2. The van der Waals surface area contributed by atoms with E-state index in [1.165, 1.54) is 44.5 Å². The molecule has 2 atom stereocenters. The van der Waals surface area contributed by atoms with E-state index in [4.69, 9.17) is 11.5 Å². The van der Waals surface area contributed by atoms with Crippen molar-refractivity contribution in [3.63, 3.8) is 0 Å². The van der Waals surface area contributed by atoms with E-state index in [1.807, 2.05) is 12.1 Å². The van der Waals surface area contributed by atoms with Gasteiger partial charge in [-0.1, -0.05) is 101 Å². The first-order chi connectivity index (χ1) is 19.4. The SMILES string of the molecule is CCCC(c1ccc(C(CCC)c2ccc(N)cc2C)cc1)c1ccc(C(CCC)c2ccc(N)cc2C)cc1. The molecule has 0 fully saturated rings. The highest BCUT2D eigenvalue weighted by molar-refractivity contribution is 5.49. The molecule has 210 valence electrons. The molecule has 0 aliphatic heterocycles. The quantitative estimate of drug-likeness (QED) is 0.178. The standard InChI is InChI=1S/C38H48N2/c1-6-9-36(28-12-16-30(17-13-28)37(10-7-2)34-22-20-32(39)24-26(34)4)29-14-18-31(19-15-29)38(11-8-3)35-23-21-33(40)25-27(35)5/h12-25,36-38H,6-11,39-40H2,1-5H3. The van der Waals surface area contributed by atoms with Crippen molar-refractivity contribution in [3.8, 4) is 0 Å². The van der Waals surface area contributed by atoms with Crippen molar-refractivity contribution >= 4 is 11.4 Å². The van der Waals surface area contributed by atoms with E-state index in [0.717, 1.165) is 49.9 Å². The lowest BCUT2D eigenvalue weighted by Crippen LogP contribution is -2.07. The van der Waals surface area contributed by atoms with E-state index in [-0.39, 0.29) is 0 Å². The second-order valence-electron chi connectivity index (χ2n) is 11.6. The van der Waals surface area contributed by atoms with Crippen LogP contribution in [0.4, 0.5) is 11.4 Å². The highest BCUT2D eigenvalue weighted by atomic mass is 14.5. The Bertz CT molecular complexity index is 1260. The molecule has 0 bridgehead atoms. The maximum absolute atomic E-state index is 6.05. The zero-order chi connectivity index (χ0) is 28.6. The van der Waals surface area contributed by atoms with Gasteiger partial charge in [0.25, 0.3) is 0 Å². The third-order valence-corrected chi connectivity index (χ3v) is 8.55. The molecule has 0 aliphatic carbocycles. The van der Waals surface area contributed by atoms with Crippen molar-refractivity contribution in [1.29, 1.82) is 0 Å². The molecule has 2 nitrogen and oxygen atoms in total. The molecule has 0 aromatic heterocycles. The van der Waals surface area contributed by atoms with E-state index in [0.29, 0.717) is 17.8 Å². The lowest BCUT2D eigenvalue weighted by molar-refractivity contribution is 0.682. The predicted molar refractivity (Wildman–Crippen MR) is 174 cm³/mol. The van der Waals surface area contributed by atoms with Crippen molar-refractivity contribution in [2.24, 2.45) is 0 Å². The normalized spacial score (nSPS) is 13.6. The van der Waals surface area contributed by atoms with Gasteiger partial charge in [0.15, 0.2) is 0 Å². The van der Waals surface area contributed by atoms with Gasteiger partial charge in [-0.05, 0) is 102 Å². The van der Waals surface area contributed by atoms with Crippen LogP contribution in [0, 0.1) is 13.8 Å². The first-order valence-electron chi connectivity index (χ1n) is 15.3. The molecule has 0 saturated heterocycles. The summed E-state index contributed by atoms with van der Waals surface area (Å²) >= 11 is 0. The summed E-state index contributed by atoms with van der Waals surface area (Å²) in [6.07, 6.45) is 6.86. The Morgan fingerprint density at radius 2 is 0.750 bits per heavy atom. The van der Waals surface area contributed by atoms with Crippen LogP contribution in [0.3, 0.4) is 0 Å². The van der Waals surface area contributed by atoms with Gasteiger partial charge >= 0.3 is 0 Å². The molecular formula is C38H48N2. The van der Waals surface area contributed by atoms with Crippen LogP contribution in [0.2, 0.25) is 0 Å². The van der Waals surface area contributed by atoms with E-state index >= 15 is 0 Å². The van der Waals surface area contributed by atoms with Gasteiger partial charge in [0, 0.05) is 29.1 Å². The first-order valence-corrected chi connectivity index (χ1v) is 15.3. The maximum atomic E-state index is 6.05. The van der Waals surface area contributed by atoms with Crippen LogP contribution in [0.5, 0.6) is 0 Å². The number of aryl methyl sites for hydroxylation is 2. The zero-order valence-electron chi connectivity index (χ0n) is 25.2. The van der Waals surface area contributed by atoms with Crippen LogP contribution in [-0.4, -0.2) is 0 Å². The summed E-state index contributed by atoms with van der Waals surface area (Å²) in [6.45, 7) is 11.2. The molecule has 0 spiro atoms. The minimum absolute atomic E-state index is 0.399. The summed E-state index contributed by atoms with van der Waals surface area (Å²) in [5, 5.41) is 0. The summed E-state index contributed by atoms with van der Waals surface area (Å²) in [6, 6.07) is 31.7. The summed E-state index contributed by atoms with van der Waals surface area (Å²) in [5.41, 5.74) is 24.7. The van der Waals surface area contributed by atoms with Gasteiger partial charge < -0.3 is 11.5 Å². The first kappa shape index (κ1) is 29.5. The molecule has 0 radical (unpaired) electrons. The predicted octanol–water partition coefficient (Wildman–Crippen LogP) is 10.3. The molecule has 0 heterocycles. The van der Waals surface area contributed by atoms with Crippen LogP contribution >= 0.6 is 0 Å². The molecule has 0 amide bonds. The highest BCUT2D eigenvalue weighted by Crippen LogP contribution is 2.37. The Morgan fingerprint density at radius 1 is 0.450 bits per heavy atom. The molecule has 2 heteroatoms. The highest BCUT2D eigenvalue weighted by Gasteiger charge is 2.20. The summed E-state index contributed by atoms with van der Waals surface area (Å²) in [4.78, 5) is 0. The minimum atomic E-state index is 0.399. The lowest BCUT2D eigenvalue weighted by Gasteiger charge is -2.23. The second kappa shape index (κ2) is 13.7. The summed E-state index contributed by atoms with van der Waals surface area (Å²) in [5.74, 6) is 1.20. The Labute approximate surface area is 242 Å². The smallest absolute Gasteiger partial charge is 0.0316 e. The van der Waals surface area contributed by atoms with E-state index in [9.17, 15) is 0 Å². The number of hydrogen-bond acceptors (Lipinski definition) is 2. The summed E-state index contributed by atoms with van der Waals surface area (Å²) in [7, 11) is 0.